The fraction of sp³-hybridized carbons (Fsp3) is 0.562. The molecule has 1 fully saturated rings. The highest BCUT2D eigenvalue weighted by Crippen LogP contribution is 2.20. The van der Waals surface area contributed by atoms with E-state index in [9.17, 15) is 9.90 Å². The van der Waals surface area contributed by atoms with Crippen molar-refractivity contribution in [1.29, 1.82) is 0 Å². The summed E-state index contributed by atoms with van der Waals surface area (Å²) in [4.78, 5) is 12.1. The van der Waals surface area contributed by atoms with Crippen molar-refractivity contribution < 1.29 is 19.4 Å². The van der Waals surface area contributed by atoms with Gasteiger partial charge in [0, 0.05) is 19.8 Å². The van der Waals surface area contributed by atoms with Gasteiger partial charge in [0.25, 0.3) is 0 Å². The zero-order valence-corrected chi connectivity index (χ0v) is 12.8. The molecule has 6 nitrogen and oxygen atoms in total. The van der Waals surface area contributed by atoms with Crippen molar-refractivity contribution in [2.75, 3.05) is 26.9 Å². The molecule has 2 rings (SSSR count). The molecule has 2 unspecified atom stereocenters. The van der Waals surface area contributed by atoms with E-state index in [2.05, 4.69) is 5.32 Å². The van der Waals surface area contributed by atoms with E-state index in [1.165, 1.54) is 0 Å². The second kappa shape index (κ2) is 8.12. The topological polar surface area (TPSA) is 93.8 Å². The summed E-state index contributed by atoms with van der Waals surface area (Å²) < 4.78 is 10.4. The molecule has 0 aliphatic carbocycles. The highest BCUT2D eigenvalue weighted by molar-refractivity contribution is 5.81. The fourth-order valence-electron chi connectivity index (χ4n) is 2.57. The number of carbonyl (C=O) groups excluding carboxylic acids is 1. The number of nitrogens with two attached hydrogens (primary N) is 1. The molecule has 1 aromatic carbocycles. The Kier molecular flexibility index (Phi) is 6.18. The van der Waals surface area contributed by atoms with Crippen molar-refractivity contribution in [1.82, 2.24) is 5.32 Å². The van der Waals surface area contributed by atoms with Gasteiger partial charge < -0.3 is 25.6 Å². The van der Waals surface area contributed by atoms with Crippen LogP contribution in [0.2, 0.25) is 0 Å². The maximum atomic E-state index is 12.1. The average molecular weight is 308 g/mol. The first-order valence-electron chi connectivity index (χ1n) is 7.55. The van der Waals surface area contributed by atoms with Gasteiger partial charge in [0.2, 0.25) is 5.91 Å². The van der Waals surface area contributed by atoms with Crippen LogP contribution in [0.25, 0.3) is 0 Å². The molecule has 1 aromatic rings. The number of methoxy groups -OCH3 is 1. The molecular formula is C16H24N2O4. The molecule has 0 bridgehead atoms. The number of hydrogen-bond donors (Lipinski definition) is 3. The van der Waals surface area contributed by atoms with Crippen LogP contribution in [0.1, 0.15) is 24.5 Å². The predicted octanol–water partition coefficient (Wildman–Crippen LogP) is 0.599. The molecule has 1 heterocycles. The van der Waals surface area contributed by atoms with Gasteiger partial charge in [0.05, 0.1) is 19.3 Å². The average Bonchev–Trinajstić information content (AvgIpc) is 2.59. The third-order valence-electron chi connectivity index (χ3n) is 4.02. The smallest absolute Gasteiger partial charge is 0.237 e. The van der Waals surface area contributed by atoms with Gasteiger partial charge in [-0.2, -0.15) is 0 Å². The second-order valence-electron chi connectivity index (χ2n) is 5.51. The largest absolute Gasteiger partial charge is 0.497 e. The van der Waals surface area contributed by atoms with Gasteiger partial charge in [-0.1, -0.05) is 12.1 Å². The van der Waals surface area contributed by atoms with Crippen LogP contribution in [0, 0.1) is 5.92 Å². The molecule has 0 saturated carbocycles. The lowest BCUT2D eigenvalue weighted by atomic mass is 9.92. The summed E-state index contributed by atoms with van der Waals surface area (Å²) in [5.41, 5.74) is 6.69. The van der Waals surface area contributed by atoms with Gasteiger partial charge in [-0.3, -0.25) is 4.79 Å². The first-order valence-corrected chi connectivity index (χ1v) is 7.55. The van der Waals surface area contributed by atoms with Crippen LogP contribution in [0.4, 0.5) is 0 Å². The quantitative estimate of drug-likeness (QED) is 0.715. The third kappa shape index (κ3) is 4.43. The van der Waals surface area contributed by atoms with Gasteiger partial charge >= 0.3 is 0 Å². The van der Waals surface area contributed by atoms with Crippen LogP contribution in [-0.4, -0.2) is 43.9 Å². The van der Waals surface area contributed by atoms with E-state index in [0.717, 1.165) is 12.8 Å². The van der Waals surface area contributed by atoms with Crippen molar-refractivity contribution in [3.05, 3.63) is 29.8 Å². The van der Waals surface area contributed by atoms with E-state index < -0.39 is 12.1 Å². The molecule has 122 valence electrons. The van der Waals surface area contributed by atoms with Crippen molar-refractivity contribution in [3.8, 4) is 5.75 Å². The van der Waals surface area contributed by atoms with Crippen LogP contribution in [0.15, 0.2) is 24.3 Å². The van der Waals surface area contributed by atoms with Gasteiger partial charge in [-0.15, -0.1) is 0 Å². The molecule has 2 atom stereocenters. The SMILES string of the molecule is COc1cccc(C(O)CNC(=O)C(N)C2CCOCC2)c1. The Bertz CT molecular complexity index is 489. The normalized spacial score (nSPS) is 18.5. The first kappa shape index (κ1) is 16.7. The number of benzene rings is 1. The number of carbonyl (C=O) groups is 1. The zero-order valence-electron chi connectivity index (χ0n) is 12.8. The van der Waals surface area contributed by atoms with E-state index in [0.29, 0.717) is 24.5 Å². The minimum atomic E-state index is -0.791. The maximum Gasteiger partial charge on any atom is 0.237 e. The molecule has 1 saturated heterocycles. The van der Waals surface area contributed by atoms with E-state index in [4.69, 9.17) is 15.2 Å². The number of amides is 1. The zero-order chi connectivity index (χ0) is 15.9. The number of aliphatic hydroxyl groups is 1. The minimum Gasteiger partial charge on any atom is -0.497 e. The lowest BCUT2D eigenvalue weighted by Gasteiger charge is -2.27. The Balaban J connectivity index is 1.84. The predicted molar refractivity (Wildman–Crippen MR) is 82.5 cm³/mol. The molecule has 0 spiro atoms. The third-order valence-corrected chi connectivity index (χ3v) is 4.02. The highest BCUT2D eigenvalue weighted by atomic mass is 16.5. The Hall–Kier alpha value is -1.63. The summed E-state index contributed by atoms with van der Waals surface area (Å²) in [6, 6.07) is 6.58. The highest BCUT2D eigenvalue weighted by Gasteiger charge is 2.26. The molecule has 22 heavy (non-hydrogen) atoms. The molecule has 6 heteroatoms. The number of aliphatic hydroxyl groups excluding tert-OH is 1. The molecule has 1 aliphatic rings. The monoisotopic (exact) mass is 308 g/mol. The minimum absolute atomic E-state index is 0.128. The maximum absolute atomic E-state index is 12.1. The van der Waals surface area contributed by atoms with Crippen molar-refractivity contribution in [3.63, 3.8) is 0 Å². The van der Waals surface area contributed by atoms with Gasteiger partial charge in [-0.05, 0) is 36.5 Å². The molecule has 0 aromatic heterocycles. The van der Waals surface area contributed by atoms with Crippen LogP contribution in [-0.2, 0) is 9.53 Å². The van der Waals surface area contributed by atoms with Crippen LogP contribution >= 0.6 is 0 Å². The van der Waals surface area contributed by atoms with E-state index >= 15 is 0 Å². The van der Waals surface area contributed by atoms with Crippen molar-refractivity contribution >= 4 is 5.91 Å². The summed E-state index contributed by atoms with van der Waals surface area (Å²) in [6.07, 6.45) is 0.806. The van der Waals surface area contributed by atoms with Gasteiger partial charge in [0.1, 0.15) is 5.75 Å². The summed E-state index contributed by atoms with van der Waals surface area (Å²) in [7, 11) is 1.57. The van der Waals surface area contributed by atoms with Crippen molar-refractivity contribution in [2.45, 2.75) is 25.0 Å². The summed E-state index contributed by atoms with van der Waals surface area (Å²) in [5, 5.41) is 12.9. The van der Waals surface area contributed by atoms with Crippen LogP contribution in [0.3, 0.4) is 0 Å². The van der Waals surface area contributed by atoms with E-state index in [-0.39, 0.29) is 18.4 Å². The van der Waals surface area contributed by atoms with Gasteiger partial charge in [-0.25, -0.2) is 0 Å². The fourth-order valence-corrected chi connectivity index (χ4v) is 2.57. The standard InChI is InChI=1S/C16H24N2O4/c1-21-13-4-2-3-12(9-13)14(19)10-18-16(20)15(17)11-5-7-22-8-6-11/h2-4,9,11,14-15,19H,5-8,10,17H2,1H3,(H,18,20). The molecule has 1 amide bonds. The van der Waals surface area contributed by atoms with E-state index in [1.807, 2.05) is 0 Å². The lowest BCUT2D eigenvalue weighted by molar-refractivity contribution is -0.124. The Labute approximate surface area is 130 Å². The lowest BCUT2D eigenvalue weighted by Crippen LogP contribution is -2.47. The second-order valence-corrected chi connectivity index (χ2v) is 5.51. The number of hydrogen-bond acceptors (Lipinski definition) is 5. The number of nitrogens with one attached hydrogen (secondary N) is 1. The van der Waals surface area contributed by atoms with Crippen LogP contribution in [0.5, 0.6) is 5.75 Å². The molecule has 0 radical (unpaired) electrons. The summed E-state index contributed by atoms with van der Waals surface area (Å²) in [5.74, 6) is 0.582. The summed E-state index contributed by atoms with van der Waals surface area (Å²) in [6.45, 7) is 1.43. The Morgan fingerprint density at radius 3 is 2.91 bits per heavy atom. The number of rotatable bonds is 6. The molecule has 1 aliphatic heterocycles. The molecule has 4 N–H and O–H groups in total. The van der Waals surface area contributed by atoms with Gasteiger partial charge in [0.15, 0.2) is 0 Å². The Morgan fingerprint density at radius 1 is 1.50 bits per heavy atom. The molecular weight excluding hydrogens is 284 g/mol. The van der Waals surface area contributed by atoms with E-state index in [1.54, 1.807) is 31.4 Å². The Morgan fingerprint density at radius 2 is 2.23 bits per heavy atom. The number of ether oxygens (including phenoxy) is 2. The van der Waals surface area contributed by atoms with Crippen molar-refractivity contribution in [2.24, 2.45) is 11.7 Å². The first-order chi connectivity index (χ1) is 10.6. The summed E-state index contributed by atoms with van der Waals surface area (Å²) >= 11 is 0. The van der Waals surface area contributed by atoms with Crippen LogP contribution < -0.4 is 15.8 Å².